The van der Waals surface area contributed by atoms with Crippen molar-refractivity contribution in [1.82, 2.24) is 19.1 Å². The van der Waals surface area contributed by atoms with Gasteiger partial charge in [0.2, 0.25) is 0 Å². The summed E-state index contributed by atoms with van der Waals surface area (Å²) in [4.78, 5) is 9.62. The van der Waals surface area contributed by atoms with Crippen LogP contribution in [0.2, 0.25) is 0 Å². The van der Waals surface area contributed by atoms with Gasteiger partial charge < -0.3 is 13.9 Å². The van der Waals surface area contributed by atoms with Crippen LogP contribution in [0.1, 0.15) is 0 Å². The predicted octanol–water partition coefficient (Wildman–Crippen LogP) is 12.8. The molecule has 8 heteroatoms. The van der Waals surface area contributed by atoms with E-state index in [9.17, 15) is 0 Å². The minimum Gasteiger partial charge on any atom is -0.508 e. The fourth-order valence-electron chi connectivity index (χ4n) is 8.11. The topological polar surface area (TPSA) is 44.9 Å². The van der Waals surface area contributed by atoms with Crippen LogP contribution < -0.4 is 4.74 Å². The summed E-state index contributed by atoms with van der Waals surface area (Å²) >= 11 is 3.60. The third-order valence-electron chi connectivity index (χ3n) is 10.3. The molecule has 0 aliphatic rings. The van der Waals surface area contributed by atoms with Crippen LogP contribution in [0.4, 0.5) is 0 Å². The molecule has 256 valence electrons. The van der Waals surface area contributed by atoms with Gasteiger partial charge in [-0.15, -0.1) is 12.1 Å². The summed E-state index contributed by atoms with van der Waals surface area (Å²) in [7, 11) is 0. The molecular weight excluding hydrogens is 884 g/mol. The van der Waals surface area contributed by atoms with E-state index in [0.717, 1.165) is 86.2 Å². The molecule has 6 aromatic carbocycles. The number of rotatable bonds is 4. The van der Waals surface area contributed by atoms with Gasteiger partial charge in [-0.3, -0.25) is 0 Å². The van der Waals surface area contributed by atoms with Gasteiger partial charge in [0.25, 0.3) is 0 Å². The number of hydrogen-bond acceptors (Lipinski definition) is 5. The smallest absolute Gasteiger partial charge is 0.508 e. The van der Waals surface area contributed by atoms with E-state index >= 15 is 0 Å². The first kappa shape index (κ1) is 31.7. The van der Waals surface area contributed by atoms with Crippen molar-refractivity contribution < 1.29 is 25.8 Å². The van der Waals surface area contributed by atoms with Gasteiger partial charge >= 0.3 is 21.1 Å². The van der Waals surface area contributed by atoms with E-state index in [0.29, 0.717) is 11.5 Å². The van der Waals surface area contributed by atoms with Crippen LogP contribution in [0.3, 0.4) is 0 Å². The van der Waals surface area contributed by atoms with Gasteiger partial charge in [-0.1, -0.05) is 138 Å². The molecule has 0 saturated heterocycles. The maximum atomic E-state index is 7.36. The molecule has 0 aliphatic heterocycles. The molecule has 0 saturated carbocycles. The van der Waals surface area contributed by atoms with Crippen LogP contribution in [0.5, 0.6) is 11.5 Å². The molecule has 0 aliphatic carbocycles. The molecule has 0 fully saturated rings. The van der Waals surface area contributed by atoms with Crippen LogP contribution in [0, 0.1) is 12.1 Å². The molecule has 0 bridgehead atoms. The number of para-hydroxylation sites is 2. The quantitative estimate of drug-likeness (QED) is 0.165. The molecule has 5 nitrogen and oxygen atoms in total. The van der Waals surface area contributed by atoms with E-state index in [1.165, 1.54) is 9.40 Å². The summed E-state index contributed by atoms with van der Waals surface area (Å²) in [6.07, 6.45) is 3.68. The Bertz CT molecular complexity index is 3210. The van der Waals surface area contributed by atoms with Crippen LogP contribution >= 0.6 is 22.7 Å². The number of benzene rings is 6. The van der Waals surface area contributed by atoms with Crippen molar-refractivity contribution in [3.05, 3.63) is 158 Å². The Kier molecular flexibility index (Phi) is 7.08. The first-order valence-corrected chi connectivity index (χ1v) is 19.0. The van der Waals surface area contributed by atoms with Crippen molar-refractivity contribution in [1.29, 1.82) is 0 Å². The van der Waals surface area contributed by atoms with Crippen LogP contribution in [-0.2, 0) is 21.1 Å². The second kappa shape index (κ2) is 12.1. The van der Waals surface area contributed by atoms with Gasteiger partial charge in [-0.25, -0.2) is 9.97 Å². The van der Waals surface area contributed by atoms with E-state index in [1.54, 1.807) is 22.7 Å². The normalized spacial score (nSPS) is 11.9. The number of nitrogens with zero attached hydrogens (tertiary/aromatic N) is 4. The van der Waals surface area contributed by atoms with Crippen molar-refractivity contribution in [2.75, 3.05) is 0 Å². The number of pyridine rings is 2. The fourth-order valence-corrected chi connectivity index (χ4v) is 10.6. The zero-order valence-corrected chi connectivity index (χ0v) is 32.1. The van der Waals surface area contributed by atoms with Gasteiger partial charge in [-0.05, 0) is 59.3 Å². The van der Waals surface area contributed by atoms with Crippen molar-refractivity contribution in [3.8, 4) is 23.1 Å². The monoisotopic (exact) mass is 907 g/mol. The standard InChI is InChI=1S/C46H24N4OS2.Pt/c1-5-17-31-27(13-1)41-33(49(31)39-21-9-11-23-47-39)25-35(43-29-15-3-7-19-37(29)52-45(41)43)51-36-26-34-42(46-44(36)30-16-4-8-20-38(30)53-46)28-14-2-6-18-32(28)50(34)40-22-10-12-24-48-40;/h1-24H;/q-2;+2. The summed E-state index contributed by atoms with van der Waals surface area (Å²) in [5.74, 6) is 3.00. The maximum Gasteiger partial charge on any atom is 2.00 e. The Morgan fingerprint density at radius 3 is 1.30 bits per heavy atom. The Morgan fingerprint density at radius 2 is 0.852 bits per heavy atom. The summed E-state index contributed by atoms with van der Waals surface area (Å²) in [5, 5.41) is 9.00. The number of fused-ring (bicyclic) bond motifs is 14. The van der Waals surface area contributed by atoms with E-state index < -0.39 is 0 Å². The zero-order chi connectivity index (χ0) is 34.6. The number of ether oxygens (including phenoxy) is 1. The average molecular weight is 908 g/mol. The van der Waals surface area contributed by atoms with E-state index in [-0.39, 0.29) is 21.1 Å². The first-order chi connectivity index (χ1) is 26.3. The summed E-state index contributed by atoms with van der Waals surface area (Å²) in [6, 6.07) is 54.1. The average Bonchev–Trinajstić information content (AvgIpc) is 3.96. The van der Waals surface area contributed by atoms with Crippen molar-refractivity contribution >= 4 is 107 Å². The first-order valence-electron chi connectivity index (χ1n) is 17.4. The third-order valence-corrected chi connectivity index (χ3v) is 12.6. The molecule has 0 unspecified atom stereocenters. The third kappa shape index (κ3) is 4.40. The van der Waals surface area contributed by atoms with Gasteiger partial charge in [0, 0.05) is 44.3 Å². The molecule has 0 amide bonds. The van der Waals surface area contributed by atoms with Crippen molar-refractivity contribution in [2.45, 2.75) is 0 Å². The fraction of sp³-hybridized carbons (Fsp3) is 0. The molecule has 0 radical (unpaired) electrons. The maximum absolute atomic E-state index is 7.36. The summed E-state index contributed by atoms with van der Waals surface area (Å²) in [5.41, 5.74) is 4.00. The minimum atomic E-state index is 0. The van der Waals surface area contributed by atoms with Gasteiger partial charge in [-0.2, -0.15) is 22.7 Å². The van der Waals surface area contributed by atoms with E-state index in [1.807, 2.05) is 36.7 Å². The molecule has 12 aromatic rings. The second-order valence-electron chi connectivity index (χ2n) is 13.1. The zero-order valence-electron chi connectivity index (χ0n) is 28.2. The largest absolute Gasteiger partial charge is 2.00 e. The SMILES string of the molecule is [Pt+2].[c-]1c(Oc2[c-]c3c(c4ccccc4n3-c3ccccn3)c3sc4ccccc4c23)c2c3ccccc3sc2c2c3ccccc3n(-c3ccccn3)c12. The molecule has 0 N–H and O–H groups in total. The van der Waals surface area contributed by atoms with Gasteiger partial charge in [0.1, 0.15) is 11.6 Å². The molecular formula is C46H24N4OPtS2. The van der Waals surface area contributed by atoms with Crippen molar-refractivity contribution in [2.24, 2.45) is 0 Å². The molecule has 0 atom stereocenters. The number of hydrogen-bond donors (Lipinski definition) is 0. The Hall–Kier alpha value is -5.85. The second-order valence-corrected chi connectivity index (χ2v) is 15.2. The number of thiophene rings is 2. The molecule has 0 spiro atoms. The summed E-state index contributed by atoms with van der Waals surface area (Å²) < 4.78 is 16.5. The predicted molar refractivity (Wildman–Crippen MR) is 221 cm³/mol. The van der Waals surface area contributed by atoms with E-state index in [2.05, 4.69) is 130 Å². The van der Waals surface area contributed by atoms with Gasteiger partial charge in [0.15, 0.2) is 0 Å². The minimum absolute atomic E-state index is 0. The Balaban J connectivity index is 0.00000341. The number of aromatic nitrogens is 4. The van der Waals surface area contributed by atoms with Gasteiger partial charge in [0.05, 0.1) is 0 Å². The molecule has 54 heavy (non-hydrogen) atoms. The molecule has 12 rings (SSSR count). The molecule has 6 aromatic heterocycles. The van der Waals surface area contributed by atoms with E-state index in [4.69, 9.17) is 14.7 Å². The Morgan fingerprint density at radius 1 is 0.444 bits per heavy atom. The van der Waals surface area contributed by atoms with Crippen LogP contribution in [0.25, 0.3) is 95.6 Å². The van der Waals surface area contributed by atoms with Crippen molar-refractivity contribution in [3.63, 3.8) is 0 Å². The van der Waals surface area contributed by atoms with Crippen LogP contribution in [-0.4, -0.2) is 19.1 Å². The summed E-state index contributed by atoms with van der Waals surface area (Å²) in [6.45, 7) is 0. The van der Waals surface area contributed by atoms with Crippen LogP contribution in [0.15, 0.2) is 146 Å². The Labute approximate surface area is 330 Å². The molecule has 6 heterocycles.